The first-order chi connectivity index (χ1) is 11.0. The van der Waals surface area contributed by atoms with Gasteiger partial charge in [0.25, 0.3) is 5.91 Å². The quantitative estimate of drug-likeness (QED) is 0.869. The number of para-hydroxylation sites is 1. The highest BCUT2D eigenvalue weighted by Crippen LogP contribution is 2.27. The summed E-state index contributed by atoms with van der Waals surface area (Å²) in [6.45, 7) is 5.85. The van der Waals surface area contributed by atoms with Crippen LogP contribution in [-0.4, -0.2) is 48.9 Å². The zero-order chi connectivity index (χ0) is 16.6. The lowest BCUT2D eigenvalue weighted by atomic mass is 9.89. The third-order valence-corrected chi connectivity index (χ3v) is 5.22. The standard InChI is InChI=1S/C19H26N2O2/c1-13-12-16-6-5-7-17(18(16)23-13)19(22)21-10-8-15(9-11-21)14(2)20(3)4/h5-7,12,14-15H,8-11H2,1-4H3. The van der Waals surface area contributed by atoms with E-state index in [0.717, 1.165) is 42.7 Å². The minimum absolute atomic E-state index is 0.0981. The topological polar surface area (TPSA) is 36.7 Å². The molecule has 0 N–H and O–H groups in total. The van der Waals surface area contributed by atoms with Crippen LogP contribution < -0.4 is 0 Å². The van der Waals surface area contributed by atoms with Crippen LogP contribution in [0.2, 0.25) is 0 Å². The minimum atomic E-state index is 0.0981. The molecule has 1 aromatic heterocycles. The fourth-order valence-corrected chi connectivity index (χ4v) is 3.54. The zero-order valence-corrected chi connectivity index (χ0v) is 14.5. The van der Waals surface area contributed by atoms with Crippen molar-refractivity contribution in [2.45, 2.75) is 32.7 Å². The van der Waals surface area contributed by atoms with Gasteiger partial charge in [-0.1, -0.05) is 12.1 Å². The van der Waals surface area contributed by atoms with E-state index in [1.807, 2.05) is 36.1 Å². The van der Waals surface area contributed by atoms with E-state index in [4.69, 9.17) is 4.42 Å². The maximum Gasteiger partial charge on any atom is 0.257 e. The van der Waals surface area contributed by atoms with Gasteiger partial charge >= 0.3 is 0 Å². The third-order valence-electron chi connectivity index (χ3n) is 5.22. The van der Waals surface area contributed by atoms with Gasteiger partial charge in [0.15, 0.2) is 0 Å². The molecule has 2 aromatic rings. The number of benzene rings is 1. The summed E-state index contributed by atoms with van der Waals surface area (Å²) in [6.07, 6.45) is 2.14. The molecule has 1 aromatic carbocycles. The highest BCUT2D eigenvalue weighted by Gasteiger charge is 2.28. The number of amides is 1. The van der Waals surface area contributed by atoms with Crippen molar-refractivity contribution in [1.82, 2.24) is 9.80 Å². The maximum atomic E-state index is 12.9. The summed E-state index contributed by atoms with van der Waals surface area (Å²) < 4.78 is 5.75. The molecule has 2 heterocycles. The fraction of sp³-hybridized carbons (Fsp3) is 0.526. The Balaban J connectivity index is 1.74. The number of fused-ring (bicyclic) bond motifs is 1. The molecule has 4 heteroatoms. The van der Waals surface area contributed by atoms with Crippen molar-refractivity contribution in [1.29, 1.82) is 0 Å². The van der Waals surface area contributed by atoms with Crippen LogP contribution in [-0.2, 0) is 0 Å². The first-order valence-electron chi connectivity index (χ1n) is 8.42. The number of furan rings is 1. The Morgan fingerprint density at radius 3 is 2.65 bits per heavy atom. The maximum absolute atomic E-state index is 12.9. The van der Waals surface area contributed by atoms with Crippen LogP contribution in [0, 0.1) is 12.8 Å². The Morgan fingerprint density at radius 2 is 2.00 bits per heavy atom. The lowest BCUT2D eigenvalue weighted by molar-refractivity contribution is 0.0642. The summed E-state index contributed by atoms with van der Waals surface area (Å²) >= 11 is 0. The molecule has 0 radical (unpaired) electrons. The van der Waals surface area contributed by atoms with Gasteiger partial charge in [-0.2, -0.15) is 0 Å². The molecule has 0 spiro atoms. The van der Waals surface area contributed by atoms with Gasteiger partial charge in [0.05, 0.1) is 5.56 Å². The van der Waals surface area contributed by atoms with Crippen LogP contribution in [0.4, 0.5) is 0 Å². The Hall–Kier alpha value is -1.81. The number of carbonyl (C=O) groups excluding carboxylic acids is 1. The van der Waals surface area contributed by atoms with E-state index in [9.17, 15) is 4.79 Å². The second kappa shape index (κ2) is 6.36. The SMILES string of the molecule is Cc1cc2cccc(C(=O)N3CCC(C(C)N(C)C)CC3)c2o1. The highest BCUT2D eigenvalue weighted by molar-refractivity contribution is 6.05. The lowest BCUT2D eigenvalue weighted by Gasteiger charge is -2.37. The molecule has 23 heavy (non-hydrogen) atoms. The molecule has 1 unspecified atom stereocenters. The molecule has 3 rings (SSSR count). The van der Waals surface area contributed by atoms with E-state index < -0.39 is 0 Å². The molecule has 1 atom stereocenters. The number of likely N-dealkylation sites (tertiary alicyclic amines) is 1. The molecule has 0 bridgehead atoms. The number of hydrogen-bond donors (Lipinski definition) is 0. The number of piperidine rings is 1. The number of carbonyl (C=O) groups is 1. The average Bonchev–Trinajstić information content (AvgIpc) is 2.93. The van der Waals surface area contributed by atoms with Gasteiger partial charge in [-0.05, 0) is 58.8 Å². The molecule has 1 aliphatic heterocycles. The molecule has 4 nitrogen and oxygen atoms in total. The van der Waals surface area contributed by atoms with E-state index in [0.29, 0.717) is 17.5 Å². The second-order valence-electron chi connectivity index (χ2n) is 6.91. The van der Waals surface area contributed by atoms with Crippen molar-refractivity contribution in [2.75, 3.05) is 27.2 Å². The Kier molecular flexibility index (Phi) is 4.44. The van der Waals surface area contributed by atoms with Crippen LogP contribution in [0.1, 0.15) is 35.9 Å². The normalized spacial score (nSPS) is 17.9. The smallest absolute Gasteiger partial charge is 0.257 e. The van der Waals surface area contributed by atoms with Crippen molar-refractivity contribution in [2.24, 2.45) is 5.92 Å². The summed E-state index contributed by atoms with van der Waals surface area (Å²) in [5, 5.41) is 1.00. The second-order valence-corrected chi connectivity index (χ2v) is 6.91. The van der Waals surface area contributed by atoms with Gasteiger partial charge < -0.3 is 14.2 Å². The molecule has 124 valence electrons. The summed E-state index contributed by atoms with van der Waals surface area (Å²) in [5.41, 5.74) is 1.41. The summed E-state index contributed by atoms with van der Waals surface area (Å²) in [5.74, 6) is 1.61. The van der Waals surface area contributed by atoms with Crippen molar-refractivity contribution in [3.8, 4) is 0 Å². The Bertz CT molecular complexity index is 696. The van der Waals surface area contributed by atoms with Gasteiger partial charge in [0.2, 0.25) is 0 Å². The highest BCUT2D eigenvalue weighted by atomic mass is 16.3. The van der Waals surface area contributed by atoms with Gasteiger partial charge in [-0.3, -0.25) is 4.79 Å². The van der Waals surface area contributed by atoms with Crippen LogP contribution in [0.15, 0.2) is 28.7 Å². The molecule has 0 saturated carbocycles. The third kappa shape index (κ3) is 3.13. The molecular weight excluding hydrogens is 288 g/mol. The average molecular weight is 314 g/mol. The van der Waals surface area contributed by atoms with Crippen LogP contribution in [0.3, 0.4) is 0 Å². The summed E-state index contributed by atoms with van der Waals surface area (Å²) in [4.78, 5) is 17.1. The van der Waals surface area contributed by atoms with Crippen molar-refractivity contribution >= 4 is 16.9 Å². The lowest BCUT2D eigenvalue weighted by Crippen LogP contribution is -2.43. The fourth-order valence-electron chi connectivity index (χ4n) is 3.54. The predicted octanol–water partition coefficient (Wildman–Crippen LogP) is 3.54. The number of aryl methyl sites for hydroxylation is 1. The zero-order valence-electron chi connectivity index (χ0n) is 14.5. The van der Waals surface area contributed by atoms with Crippen LogP contribution in [0.5, 0.6) is 0 Å². The Morgan fingerprint density at radius 1 is 1.30 bits per heavy atom. The predicted molar refractivity (Wildman–Crippen MR) is 92.7 cm³/mol. The first-order valence-corrected chi connectivity index (χ1v) is 8.42. The van der Waals surface area contributed by atoms with Crippen molar-refractivity contribution in [3.63, 3.8) is 0 Å². The van der Waals surface area contributed by atoms with Gasteiger partial charge in [-0.25, -0.2) is 0 Å². The van der Waals surface area contributed by atoms with E-state index in [2.05, 4.69) is 25.9 Å². The molecular formula is C19H26N2O2. The van der Waals surface area contributed by atoms with Crippen LogP contribution >= 0.6 is 0 Å². The van der Waals surface area contributed by atoms with E-state index >= 15 is 0 Å². The Labute approximate surface area is 138 Å². The van der Waals surface area contributed by atoms with E-state index in [1.165, 1.54) is 0 Å². The first kappa shape index (κ1) is 16.1. The van der Waals surface area contributed by atoms with Gasteiger partial charge in [-0.15, -0.1) is 0 Å². The van der Waals surface area contributed by atoms with Crippen LogP contribution in [0.25, 0.3) is 11.0 Å². The molecule has 1 aliphatic rings. The summed E-state index contributed by atoms with van der Waals surface area (Å²) in [6, 6.07) is 8.35. The number of nitrogens with zero attached hydrogens (tertiary/aromatic N) is 2. The van der Waals surface area contributed by atoms with Crippen molar-refractivity contribution < 1.29 is 9.21 Å². The minimum Gasteiger partial charge on any atom is -0.461 e. The molecule has 1 saturated heterocycles. The van der Waals surface area contributed by atoms with E-state index in [1.54, 1.807) is 0 Å². The number of hydrogen-bond acceptors (Lipinski definition) is 3. The molecule has 1 fully saturated rings. The van der Waals surface area contributed by atoms with Crippen molar-refractivity contribution in [3.05, 3.63) is 35.6 Å². The molecule has 1 amide bonds. The van der Waals surface area contributed by atoms with E-state index in [-0.39, 0.29) is 5.91 Å². The number of rotatable bonds is 3. The van der Waals surface area contributed by atoms with Gasteiger partial charge in [0, 0.05) is 24.5 Å². The largest absolute Gasteiger partial charge is 0.461 e. The summed E-state index contributed by atoms with van der Waals surface area (Å²) in [7, 11) is 4.25. The van der Waals surface area contributed by atoms with Gasteiger partial charge in [0.1, 0.15) is 11.3 Å². The molecule has 0 aliphatic carbocycles. The monoisotopic (exact) mass is 314 g/mol.